The van der Waals surface area contributed by atoms with E-state index in [1.807, 2.05) is 44.2 Å². The van der Waals surface area contributed by atoms with Gasteiger partial charge >= 0.3 is 0 Å². The van der Waals surface area contributed by atoms with Crippen LogP contribution in [0.15, 0.2) is 42.5 Å². The van der Waals surface area contributed by atoms with Crippen LogP contribution in [0.4, 0.5) is 0 Å². The average Bonchev–Trinajstić information content (AvgIpc) is 2.81. The lowest BCUT2D eigenvalue weighted by Gasteiger charge is -2.31. The zero-order valence-electron chi connectivity index (χ0n) is 19.3. The van der Waals surface area contributed by atoms with E-state index in [0.717, 1.165) is 17.5 Å². The van der Waals surface area contributed by atoms with Gasteiger partial charge in [0.05, 0.1) is 14.2 Å². The third kappa shape index (κ3) is 7.16. The van der Waals surface area contributed by atoms with Crippen LogP contribution < -0.4 is 14.8 Å². The maximum atomic E-state index is 13.3. The SMILES string of the molecule is CCCNC(=O)[C@H](CC)N(Cc1ccc(Cl)cc1)C(=O)CCc1ccc(OC)c(OC)c1. The van der Waals surface area contributed by atoms with Crippen molar-refractivity contribution in [1.29, 1.82) is 0 Å². The molecule has 0 radical (unpaired) electrons. The number of ether oxygens (including phenoxy) is 2. The number of carbonyl (C=O) groups is 2. The van der Waals surface area contributed by atoms with Crippen molar-refractivity contribution in [2.75, 3.05) is 20.8 Å². The van der Waals surface area contributed by atoms with E-state index in [4.69, 9.17) is 21.1 Å². The molecule has 0 bridgehead atoms. The number of aryl methyl sites for hydroxylation is 1. The molecule has 1 atom stereocenters. The van der Waals surface area contributed by atoms with Gasteiger partial charge in [0, 0.05) is 24.5 Å². The van der Waals surface area contributed by atoms with Crippen molar-refractivity contribution in [3.63, 3.8) is 0 Å². The fourth-order valence-corrected chi connectivity index (χ4v) is 3.63. The molecule has 0 spiro atoms. The van der Waals surface area contributed by atoms with E-state index in [9.17, 15) is 9.59 Å². The van der Waals surface area contributed by atoms with E-state index in [1.165, 1.54) is 0 Å². The first-order valence-corrected chi connectivity index (χ1v) is 11.3. The highest BCUT2D eigenvalue weighted by molar-refractivity contribution is 6.30. The summed E-state index contributed by atoms with van der Waals surface area (Å²) in [5.74, 6) is 1.07. The average molecular weight is 461 g/mol. The van der Waals surface area contributed by atoms with Crippen LogP contribution in [0.2, 0.25) is 5.02 Å². The summed E-state index contributed by atoms with van der Waals surface area (Å²) in [5, 5.41) is 3.56. The predicted octanol–water partition coefficient (Wildman–Crippen LogP) is 4.62. The molecule has 2 aromatic rings. The highest BCUT2D eigenvalue weighted by Gasteiger charge is 2.28. The minimum atomic E-state index is -0.532. The molecule has 7 heteroatoms. The van der Waals surface area contributed by atoms with E-state index < -0.39 is 6.04 Å². The smallest absolute Gasteiger partial charge is 0.242 e. The van der Waals surface area contributed by atoms with Crippen molar-refractivity contribution in [3.05, 3.63) is 58.6 Å². The molecular weight excluding hydrogens is 428 g/mol. The Morgan fingerprint density at radius 3 is 2.25 bits per heavy atom. The molecule has 0 aromatic heterocycles. The summed E-state index contributed by atoms with van der Waals surface area (Å²) in [4.78, 5) is 27.8. The van der Waals surface area contributed by atoms with Crippen molar-refractivity contribution < 1.29 is 19.1 Å². The van der Waals surface area contributed by atoms with Crippen LogP contribution in [0.5, 0.6) is 11.5 Å². The van der Waals surface area contributed by atoms with Crippen molar-refractivity contribution in [2.24, 2.45) is 0 Å². The number of carbonyl (C=O) groups excluding carboxylic acids is 2. The molecule has 6 nitrogen and oxygen atoms in total. The summed E-state index contributed by atoms with van der Waals surface area (Å²) in [6.07, 6.45) is 2.18. The molecule has 1 N–H and O–H groups in total. The van der Waals surface area contributed by atoms with E-state index in [-0.39, 0.29) is 18.2 Å². The zero-order valence-corrected chi connectivity index (χ0v) is 20.1. The molecule has 2 amide bonds. The number of benzene rings is 2. The van der Waals surface area contributed by atoms with Gasteiger partial charge in [0.25, 0.3) is 0 Å². The lowest BCUT2D eigenvalue weighted by molar-refractivity contribution is -0.141. The van der Waals surface area contributed by atoms with Crippen molar-refractivity contribution >= 4 is 23.4 Å². The molecule has 2 aromatic carbocycles. The Balaban J connectivity index is 2.20. The van der Waals surface area contributed by atoms with Crippen LogP contribution in [0.25, 0.3) is 0 Å². The third-order valence-corrected chi connectivity index (χ3v) is 5.53. The molecule has 0 aliphatic heterocycles. The standard InChI is InChI=1S/C25H33ClN2O4/c1-5-15-27-25(30)21(6-2)28(17-19-7-11-20(26)12-8-19)24(29)14-10-18-9-13-22(31-3)23(16-18)32-4/h7-9,11-13,16,21H,5-6,10,14-15,17H2,1-4H3,(H,27,30)/t21-/m0/s1. The number of methoxy groups -OCH3 is 2. The number of amides is 2. The van der Waals surface area contributed by atoms with Gasteiger partial charge in [0.15, 0.2) is 11.5 Å². The first-order chi connectivity index (χ1) is 15.4. The topological polar surface area (TPSA) is 67.9 Å². The van der Waals surface area contributed by atoms with Gasteiger partial charge in [-0.2, -0.15) is 0 Å². The monoisotopic (exact) mass is 460 g/mol. The lowest BCUT2D eigenvalue weighted by Crippen LogP contribution is -2.49. The van der Waals surface area contributed by atoms with Crippen LogP contribution in [-0.2, 0) is 22.6 Å². The number of nitrogens with one attached hydrogen (secondary N) is 1. The summed E-state index contributed by atoms with van der Waals surface area (Å²) >= 11 is 6.01. The Morgan fingerprint density at radius 2 is 1.66 bits per heavy atom. The molecule has 0 heterocycles. The van der Waals surface area contributed by atoms with Crippen molar-refractivity contribution in [3.8, 4) is 11.5 Å². The van der Waals surface area contributed by atoms with Crippen molar-refractivity contribution in [2.45, 2.75) is 52.1 Å². The molecule has 0 aliphatic rings. The first kappa shape index (κ1) is 25.5. The Labute approximate surface area is 195 Å². The maximum Gasteiger partial charge on any atom is 0.242 e. The van der Waals surface area contributed by atoms with E-state index in [2.05, 4.69) is 5.32 Å². The quantitative estimate of drug-likeness (QED) is 0.501. The second kappa shape index (κ2) is 13.0. The molecule has 32 heavy (non-hydrogen) atoms. The Hall–Kier alpha value is -2.73. The summed E-state index contributed by atoms with van der Waals surface area (Å²) in [7, 11) is 3.17. The summed E-state index contributed by atoms with van der Waals surface area (Å²) < 4.78 is 10.6. The van der Waals surface area contributed by atoms with Crippen molar-refractivity contribution in [1.82, 2.24) is 10.2 Å². The maximum absolute atomic E-state index is 13.3. The van der Waals surface area contributed by atoms with E-state index in [0.29, 0.717) is 42.5 Å². The summed E-state index contributed by atoms with van der Waals surface area (Å²) in [5.41, 5.74) is 1.89. The van der Waals surface area contributed by atoms with Gasteiger partial charge in [-0.3, -0.25) is 9.59 Å². The Bertz CT molecular complexity index is 886. The molecule has 0 saturated carbocycles. The van der Waals surface area contributed by atoms with Crippen LogP contribution in [-0.4, -0.2) is 43.5 Å². The zero-order chi connectivity index (χ0) is 23.5. The number of nitrogens with zero attached hydrogens (tertiary/aromatic N) is 1. The lowest BCUT2D eigenvalue weighted by atomic mass is 10.1. The number of rotatable bonds is 12. The van der Waals surface area contributed by atoms with E-state index >= 15 is 0 Å². The van der Waals surface area contributed by atoms with Gasteiger partial charge in [-0.1, -0.05) is 43.6 Å². The van der Waals surface area contributed by atoms with Gasteiger partial charge in [-0.05, 0) is 54.7 Å². The van der Waals surface area contributed by atoms with Gasteiger partial charge < -0.3 is 19.7 Å². The van der Waals surface area contributed by atoms with Crippen LogP contribution >= 0.6 is 11.6 Å². The molecule has 0 saturated heterocycles. The summed E-state index contributed by atoms with van der Waals surface area (Å²) in [6.45, 7) is 4.86. The number of hydrogen-bond donors (Lipinski definition) is 1. The van der Waals surface area contributed by atoms with Crippen LogP contribution in [0.1, 0.15) is 44.2 Å². The number of hydrogen-bond acceptors (Lipinski definition) is 4. The fourth-order valence-electron chi connectivity index (χ4n) is 3.50. The molecule has 0 aliphatic carbocycles. The number of halogens is 1. The summed E-state index contributed by atoms with van der Waals surface area (Å²) in [6, 6.07) is 12.4. The highest BCUT2D eigenvalue weighted by atomic mass is 35.5. The van der Waals surface area contributed by atoms with Crippen LogP contribution in [0, 0.1) is 0 Å². The Morgan fingerprint density at radius 1 is 1.00 bits per heavy atom. The largest absolute Gasteiger partial charge is 0.493 e. The van der Waals surface area contributed by atoms with Gasteiger partial charge in [0.2, 0.25) is 11.8 Å². The minimum absolute atomic E-state index is 0.0757. The molecular formula is C25H33ClN2O4. The second-order valence-electron chi connectivity index (χ2n) is 7.55. The second-order valence-corrected chi connectivity index (χ2v) is 7.99. The highest BCUT2D eigenvalue weighted by Crippen LogP contribution is 2.28. The molecule has 0 fully saturated rings. The molecule has 174 valence electrons. The van der Waals surface area contributed by atoms with Gasteiger partial charge in [-0.15, -0.1) is 0 Å². The van der Waals surface area contributed by atoms with Crippen LogP contribution in [0.3, 0.4) is 0 Å². The minimum Gasteiger partial charge on any atom is -0.493 e. The van der Waals surface area contributed by atoms with Gasteiger partial charge in [0.1, 0.15) is 6.04 Å². The Kier molecular flexibility index (Phi) is 10.3. The first-order valence-electron chi connectivity index (χ1n) is 11.0. The fraction of sp³-hybridized carbons (Fsp3) is 0.440. The van der Waals surface area contributed by atoms with E-state index in [1.54, 1.807) is 31.3 Å². The third-order valence-electron chi connectivity index (χ3n) is 5.28. The molecule has 0 unspecified atom stereocenters. The van der Waals surface area contributed by atoms with Gasteiger partial charge in [-0.25, -0.2) is 0 Å². The normalized spacial score (nSPS) is 11.5. The predicted molar refractivity (Wildman–Crippen MR) is 127 cm³/mol. The molecule has 2 rings (SSSR count).